The van der Waals surface area contributed by atoms with Gasteiger partial charge in [0.15, 0.2) is 0 Å². The van der Waals surface area contributed by atoms with Crippen molar-refractivity contribution in [1.82, 2.24) is 9.88 Å². The third-order valence-corrected chi connectivity index (χ3v) is 5.24. The number of hydrogen-bond donors (Lipinski definition) is 2. The first-order valence-corrected chi connectivity index (χ1v) is 9.81. The first-order chi connectivity index (χ1) is 14.8. The molecule has 31 heavy (non-hydrogen) atoms. The molecule has 4 rings (SSSR count). The number of aromatic amines is 1. The fraction of sp³-hybridized carbons (Fsp3) is 0.273. The van der Waals surface area contributed by atoms with Crippen molar-refractivity contribution in [2.45, 2.75) is 19.2 Å². The molecule has 1 aromatic heterocycles. The topological polar surface area (TPSA) is 74.4 Å². The van der Waals surface area contributed by atoms with Crippen LogP contribution < -0.4 is 10.1 Å². The Bertz CT molecular complexity index is 1090. The average molecular weight is 431 g/mol. The van der Waals surface area contributed by atoms with Crippen molar-refractivity contribution in [3.63, 3.8) is 0 Å². The lowest BCUT2D eigenvalue weighted by Gasteiger charge is -2.32. The molecule has 2 amide bonds. The van der Waals surface area contributed by atoms with E-state index in [9.17, 15) is 22.8 Å². The summed E-state index contributed by atoms with van der Waals surface area (Å²) in [5.74, 6) is -1.18. The van der Waals surface area contributed by atoms with Crippen molar-refractivity contribution < 1.29 is 27.5 Å². The van der Waals surface area contributed by atoms with Gasteiger partial charge in [-0.2, -0.15) is 0 Å². The molecule has 0 bridgehead atoms. The smallest absolute Gasteiger partial charge is 0.406 e. The first kappa shape index (κ1) is 20.8. The number of nitrogens with zero attached hydrogens (tertiary/aromatic N) is 1. The molecule has 0 aliphatic carbocycles. The molecule has 0 unspecified atom stereocenters. The summed E-state index contributed by atoms with van der Waals surface area (Å²) in [7, 11) is 0. The van der Waals surface area contributed by atoms with Gasteiger partial charge in [-0.1, -0.05) is 6.07 Å². The maximum absolute atomic E-state index is 12.9. The third-order valence-electron chi connectivity index (χ3n) is 5.24. The standard InChI is InChI=1S/C22H20F3N3O3/c23-22(24,25)31-18-7-5-17(6-8-18)27-20(29)16-2-1-11-28(13-16)21(30)15-4-3-14-9-10-26-19(14)12-15/h3-10,12,16,26H,1-2,11,13H2,(H,27,29)/t16-/m0/s1. The number of amides is 2. The Morgan fingerprint density at radius 2 is 1.87 bits per heavy atom. The maximum atomic E-state index is 12.9. The number of nitrogens with one attached hydrogen (secondary N) is 2. The molecule has 162 valence electrons. The molecule has 2 aromatic carbocycles. The number of benzene rings is 2. The van der Waals surface area contributed by atoms with Gasteiger partial charge in [0.2, 0.25) is 5.91 Å². The molecule has 2 heterocycles. The van der Waals surface area contributed by atoms with E-state index in [2.05, 4.69) is 15.0 Å². The first-order valence-electron chi connectivity index (χ1n) is 9.81. The summed E-state index contributed by atoms with van der Waals surface area (Å²) < 4.78 is 40.6. The van der Waals surface area contributed by atoms with Crippen molar-refractivity contribution in [2.75, 3.05) is 18.4 Å². The van der Waals surface area contributed by atoms with Gasteiger partial charge < -0.3 is 19.9 Å². The van der Waals surface area contributed by atoms with E-state index in [1.165, 1.54) is 12.1 Å². The van der Waals surface area contributed by atoms with Crippen molar-refractivity contribution in [3.8, 4) is 5.75 Å². The number of rotatable bonds is 4. The highest BCUT2D eigenvalue weighted by molar-refractivity contribution is 5.99. The molecule has 6 nitrogen and oxygen atoms in total. The van der Waals surface area contributed by atoms with E-state index >= 15 is 0 Å². The van der Waals surface area contributed by atoms with Crippen molar-refractivity contribution in [2.24, 2.45) is 5.92 Å². The Kier molecular flexibility index (Phi) is 5.58. The monoisotopic (exact) mass is 431 g/mol. The van der Waals surface area contributed by atoms with Gasteiger partial charge in [0.05, 0.1) is 5.92 Å². The number of halogens is 3. The van der Waals surface area contributed by atoms with E-state index in [0.717, 1.165) is 23.0 Å². The van der Waals surface area contributed by atoms with Crippen LogP contribution in [0.15, 0.2) is 54.7 Å². The minimum atomic E-state index is -4.77. The van der Waals surface area contributed by atoms with Gasteiger partial charge in [-0.3, -0.25) is 9.59 Å². The molecule has 0 saturated carbocycles. The highest BCUT2D eigenvalue weighted by Gasteiger charge is 2.31. The van der Waals surface area contributed by atoms with E-state index in [-0.39, 0.29) is 24.1 Å². The molecule has 2 N–H and O–H groups in total. The predicted molar refractivity (Wildman–Crippen MR) is 109 cm³/mol. The van der Waals surface area contributed by atoms with Crippen LogP contribution in [-0.4, -0.2) is 41.2 Å². The fourth-order valence-corrected chi connectivity index (χ4v) is 3.72. The largest absolute Gasteiger partial charge is 0.573 e. The average Bonchev–Trinajstić information content (AvgIpc) is 3.21. The van der Waals surface area contributed by atoms with E-state index in [1.807, 2.05) is 18.3 Å². The van der Waals surface area contributed by atoms with Crippen LogP contribution in [0.4, 0.5) is 18.9 Å². The van der Waals surface area contributed by atoms with E-state index in [1.54, 1.807) is 17.0 Å². The Morgan fingerprint density at radius 1 is 1.10 bits per heavy atom. The van der Waals surface area contributed by atoms with Crippen LogP contribution in [-0.2, 0) is 4.79 Å². The molecule has 0 radical (unpaired) electrons. The zero-order chi connectivity index (χ0) is 22.0. The molecule has 0 spiro atoms. The quantitative estimate of drug-likeness (QED) is 0.636. The maximum Gasteiger partial charge on any atom is 0.573 e. The van der Waals surface area contributed by atoms with Crippen LogP contribution in [0.5, 0.6) is 5.75 Å². The minimum absolute atomic E-state index is 0.136. The second-order valence-electron chi connectivity index (χ2n) is 7.43. The van der Waals surface area contributed by atoms with Gasteiger partial charge in [0.1, 0.15) is 5.75 Å². The normalized spacial score (nSPS) is 16.9. The Labute approximate surface area is 176 Å². The molecule has 1 atom stereocenters. The van der Waals surface area contributed by atoms with Gasteiger partial charge in [-0.05, 0) is 60.7 Å². The zero-order valence-electron chi connectivity index (χ0n) is 16.4. The molecule has 1 saturated heterocycles. The van der Waals surface area contributed by atoms with Crippen molar-refractivity contribution >= 4 is 28.4 Å². The Balaban J connectivity index is 1.38. The lowest BCUT2D eigenvalue weighted by atomic mass is 9.96. The summed E-state index contributed by atoms with van der Waals surface area (Å²) in [5, 5.41) is 3.72. The lowest BCUT2D eigenvalue weighted by Crippen LogP contribution is -2.43. The van der Waals surface area contributed by atoms with E-state index in [4.69, 9.17) is 0 Å². The number of H-pyrrole nitrogens is 1. The van der Waals surface area contributed by atoms with Crippen LogP contribution in [0.1, 0.15) is 23.2 Å². The molecule has 1 aliphatic rings. The highest BCUT2D eigenvalue weighted by Crippen LogP contribution is 2.25. The van der Waals surface area contributed by atoms with Crippen LogP contribution in [0.25, 0.3) is 10.9 Å². The zero-order valence-corrected chi connectivity index (χ0v) is 16.4. The van der Waals surface area contributed by atoms with Crippen LogP contribution in [0.2, 0.25) is 0 Å². The van der Waals surface area contributed by atoms with Crippen LogP contribution in [0.3, 0.4) is 0 Å². The van der Waals surface area contributed by atoms with Gasteiger partial charge in [-0.15, -0.1) is 13.2 Å². The van der Waals surface area contributed by atoms with Crippen LogP contribution in [0, 0.1) is 5.92 Å². The van der Waals surface area contributed by atoms with E-state index < -0.39 is 12.3 Å². The van der Waals surface area contributed by atoms with Gasteiger partial charge in [0.25, 0.3) is 5.91 Å². The number of alkyl halides is 3. The van der Waals surface area contributed by atoms with Crippen molar-refractivity contribution in [1.29, 1.82) is 0 Å². The number of carbonyl (C=O) groups excluding carboxylic acids is 2. The number of anilines is 1. The summed E-state index contributed by atoms with van der Waals surface area (Å²) in [6.45, 7) is 0.845. The summed E-state index contributed by atoms with van der Waals surface area (Å²) in [6.07, 6.45) is -1.65. The second kappa shape index (κ2) is 8.33. The summed E-state index contributed by atoms with van der Waals surface area (Å²) in [4.78, 5) is 30.3. The lowest BCUT2D eigenvalue weighted by molar-refractivity contribution is -0.274. The van der Waals surface area contributed by atoms with Crippen LogP contribution >= 0.6 is 0 Å². The summed E-state index contributed by atoms with van der Waals surface area (Å²) in [6, 6.07) is 12.3. The van der Waals surface area contributed by atoms with Gasteiger partial charge in [0, 0.05) is 36.1 Å². The predicted octanol–water partition coefficient (Wildman–Crippen LogP) is 4.56. The van der Waals surface area contributed by atoms with Gasteiger partial charge in [-0.25, -0.2) is 0 Å². The number of hydrogen-bond acceptors (Lipinski definition) is 3. The highest BCUT2D eigenvalue weighted by atomic mass is 19.4. The molecule has 1 aliphatic heterocycles. The number of fused-ring (bicyclic) bond motifs is 1. The number of likely N-dealkylation sites (tertiary alicyclic amines) is 1. The third kappa shape index (κ3) is 4.99. The number of aromatic nitrogens is 1. The second-order valence-corrected chi connectivity index (χ2v) is 7.43. The summed E-state index contributed by atoms with van der Waals surface area (Å²) in [5.41, 5.74) is 1.78. The number of piperidine rings is 1. The number of ether oxygens (including phenoxy) is 1. The van der Waals surface area contributed by atoms with Gasteiger partial charge >= 0.3 is 6.36 Å². The SMILES string of the molecule is O=C(Nc1ccc(OC(F)(F)F)cc1)[C@H]1CCCN(C(=O)c2ccc3cc[nH]c3c2)C1. The molecule has 3 aromatic rings. The molecule has 1 fully saturated rings. The summed E-state index contributed by atoms with van der Waals surface area (Å²) >= 11 is 0. The fourth-order valence-electron chi connectivity index (χ4n) is 3.72. The molecular weight excluding hydrogens is 411 g/mol. The minimum Gasteiger partial charge on any atom is -0.406 e. The Hall–Kier alpha value is -3.49. The van der Waals surface area contributed by atoms with E-state index in [0.29, 0.717) is 30.6 Å². The van der Waals surface area contributed by atoms with Crippen molar-refractivity contribution in [3.05, 3.63) is 60.3 Å². The molecular formula is C22H20F3N3O3. The Morgan fingerprint density at radius 3 is 2.61 bits per heavy atom. The number of carbonyl (C=O) groups is 2. The molecule has 9 heteroatoms.